The van der Waals surface area contributed by atoms with Gasteiger partial charge < -0.3 is 5.32 Å². The Morgan fingerprint density at radius 3 is 2.03 bits per heavy atom. The molecule has 1 amide bonds. The van der Waals surface area contributed by atoms with Crippen molar-refractivity contribution in [3.63, 3.8) is 0 Å². The molecule has 4 rings (SSSR count). The van der Waals surface area contributed by atoms with E-state index in [1.807, 2.05) is 61.5 Å². The van der Waals surface area contributed by atoms with Gasteiger partial charge in [0.15, 0.2) is 0 Å². The first kappa shape index (κ1) is 21.3. The molecule has 3 aromatic carbocycles. The van der Waals surface area contributed by atoms with Crippen molar-refractivity contribution < 1.29 is 13.2 Å². The molecule has 3 aromatic rings. The van der Waals surface area contributed by atoms with Gasteiger partial charge in [-0.3, -0.25) is 4.79 Å². The van der Waals surface area contributed by atoms with E-state index >= 15 is 0 Å². The van der Waals surface area contributed by atoms with Crippen LogP contribution in [0.4, 0.5) is 0 Å². The first-order chi connectivity index (χ1) is 14.9. The van der Waals surface area contributed by atoms with Crippen LogP contribution in [-0.4, -0.2) is 31.7 Å². The maximum absolute atomic E-state index is 13.0. The molecule has 1 aliphatic rings. The molecule has 1 N–H and O–H groups in total. The third-order valence-corrected chi connectivity index (χ3v) is 7.55. The summed E-state index contributed by atoms with van der Waals surface area (Å²) < 4.78 is 26.9. The normalized spacial score (nSPS) is 15.5. The minimum absolute atomic E-state index is 0.226. The maximum atomic E-state index is 13.0. The predicted octanol–water partition coefficient (Wildman–Crippen LogP) is 4.30. The Morgan fingerprint density at radius 1 is 0.839 bits per heavy atom. The fraction of sp³-hybridized carbons (Fsp3) is 0.240. The summed E-state index contributed by atoms with van der Waals surface area (Å²) in [6.07, 6.45) is 1.78. The highest BCUT2D eigenvalue weighted by Gasteiger charge is 2.27. The van der Waals surface area contributed by atoms with Crippen LogP contribution in [0.5, 0.6) is 0 Å². The van der Waals surface area contributed by atoms with E-state index in [1.165, 1.54) is 16.4 Å². The molecular weight excluding hydrogens is 408 g/mol. The van der Waals surface area contributed by atoms with E-state index in [0.29, 0.717) is 18.7 Å². The quantitative estimate of drug-likeness (QED) is 0.629. The van der Waals surface area contributed by atoms with Crippen molar-refractivity contribution >= 4 is 15.9 Å². The largest absolute Gasteiger partial charge is 0.341 e. The minimum atomic E-state index is -3.49. The molecule has 1 atom stereocenters. The Hall–Kier alpha value is -2.96. The van der Waals surface area contributed by atoms with Crippen LogP contribution in [0.3, 0.4) is 0 Å². The molecule has 1 heterocycles. The molecule has 1 fully saturated rings. The van der Waals surface area contributed by atoms with Gasteiger partial charge in [0.05, 0.1) is 10.9 Å². The second kappa shape index (κ2) is 9.04. The fourth-order valence-electron chi connectivity index (χ4n) is 3.83. The third kappa shape index (κ3) is 4.70. The number of rotatable bonds is 6. The minimum Gasteiger partial charge on any atom is -0.341 e. The highest BCUT2D eigenvalue weighted by atomic mass is 32.2. The molecule has 5 nitrogen and oxygen atoms in total. The van der Waals surface area contributed by atoms with E-state index in [4.69, 9.17) is 0 Å². The van der Waals surface area contributed by atoms with E-state index in [0.717, 1.165) is 29.5 Å². The van der Waals surface area contributed by atoms with Crippen molar-refractivity contribution in [2.45, 2.75) is 30.7 Å². The van der Waals surface area contributed by atoms with Gasteiger partial charge in [0.1, 0.15) is 0 Å². The Labute approximate surface area is 183 Å². The number of carbonyl (C=O) groups excluding carboxylic acids is 1. The van der Waals surface area contributed by atoms with E-state index in [2.05, 4.69) is 5.32 Å². The van der Waals surface area contributed by atoms with Gasteiger partial charge in [-0.25, -0.2) is 8.42 Å². The Morgan fingerprint density at radius 2 is 1.42 bits per heavy atom. The summed E-state index contributed by atoms with van der Waals surface area (Å²) in [5.74, 6) is -0.250. The second-order valence-electron chi connectivity index (χ2n) is 7.86. The van der Waals surface area contributed by atoms with Crippen LogP contribution in [0.25, 0.3) is 0 Å². The lowest BCUT2D eigenvalue weighted by Crippen LogP contribution is -2.30. The molecule has 0 bridgehead atoms. The zero-order chi connectivity index (χ0) is 21.8. The summed E-state index contributed by atoms with van der Waals surface area (Å²) in [7, 11) is -3.49. The zero-order valence-electron chi connectivity index (χ0n) is 17.5. The third-order valence-electron chi connectivity index (χ3n) is 5.64. The standard InChI is InChI=1S/C25H26N2O3S/c1-19-9-11-21(12-10-19)24(20-7-3-2-4-8-20)26-25(28)22-13-15-23(16-14-22)31(29,30)27-17-5-6-18-27/h2-4,7-16,24H,5-6,17-18H2,1H3,(H,26,28)/t24-/m0/s1. The summed E-state index contributed by atoms with van der Waals surface area (Å²) in [5.41, 5.74) is 3.54. The topological polar surface area (TPSA) is 66.5 Å². The van der Waals surface area contributed by atoms with Crippen molar-refractivity contribution in [2.24, 2.45) is 0 Å². The second-order valence-corrected chi connectivity index (χ2v) is 9.80. The maximum Gasteiger partial charge on any atom is 0.252 e. The van der Waals surface area contributed by atoms with Crippen molar-refractivity contribution in [2.75, 3.05) is 13.1 Å². The molecule has 1 aliphatic heterocycles. The molecule has 0 aliphatic carbocycles. The Balaban J connectivity index is 1.57. The summed E-state index contributed by atoms with van der Waals surface area (Å²) in [6.45, 7) is 3.14. The number of aryl methyl sites for hydroxylation is 1. The molecule has 6 heteroatoms. The van der Waals surface area contributed by atoms with Gasteiger partial charge in [-0.1, -0.05) is 60.2 Å². The first-order valence-corrected chi connectivity index (χ1v) is 11.9. The highest BCUT2D eigenvalue weighted by Crippen LogP contribution is 2.24. The van der Waals surface area contributed by atoms with Gasteiger partial charge in [-0.2, -0.15) is 4.31 Å². The summed E-state index contributed by atoms with van der Waals surface area (Å²) in [5, 5.41) is 3.10. The predicted molar refractivity (Wildman–Crippen MR) is 121 cm³/mol. The molecule has 160 valence electrons. The van der Waals surface area contributed by atoms with Crippen LogP contribution in [0.1, 0.15) is 45.9 Å². The van der Waals surface area contributed by atoms with Gasteiger partial charge in [-0.05, 0) is 55.2 Å². The molecule has 0 unspecified atom stereocenters. The number of nitrogens with zero attached hydrogens (tertiary/aromatic N) is 1. The van der Waals surface area contributed by atoms with Crippen LogP contribution < -0.4 is 5.32 Å². The number of amides is 1. The molecule has 0 radical (unpaired) electrons. The van der Waals surface area contributed by atoms with Crippen molar-refractivity contribution in [3.05, 3.63) is 101 Å². The van der Waals surface area contributed by atoms with Gasteiger partial charge in [0, 0.05) is 18.7 Å². The van der Waals surface area contributed by atoms with Gasteiger partial charge in [0.25, 0.3) is 5.91 Å². The average Bonchev–Trinajstić information content (AvgIpc) is 3.35. The summed E-state index contributed by atoms with van der Waals surface area (Å²) in [4.78, 5) is 13.2. The molecule has 0 spiro atoms. The summed E-state index contributed by atoms with van der Waals surface area (Å²) in [6, 6.07) is 23.8. The van der Waals surface area contributed by atoms with E-state index < -0.39 is 10.0 Å². The monoisotopic (exact) mass is 434 g/mol. The Bertz CT molecular complexity index is 1140. The Kier molecular flexibility index (Phi) is 6.20. The lowest BCUT2D eigenvalue weighted by atomic mass is 9.97. The highest BCUT2D eigenvalue weighted by molar-refractivity contribution is 7.89. The molecule has 1 saturated heterocycles. The van der Waals surface area contributed by atoms with Gasteiger partial charge >= 0.3 is 0 Å². The van der Waals surface area contributed by atoms with E-state index in [-0.39, 0.29) is 16.8 Å². The molecule has 31 heavy (non-hydrogen) atoms. The number of sulfonamides is 1. The van der Waals surface area contributed by atoms with Gasteiger partial charge in [-0.15, -0.1) is 0 Å². The smallest absolute Gasteiger partial charge is 0.252 e. The van der Waals surface area contributed by atoms with Crippen LogP contribution in [-0.2, 0) is 10.0 Å². The first-order valence-electron chi connectivity index (χ1n) is 10.5. The molecule has 0 saturated carbocycles. The number of benzene rings is 3. The average molecular weight is 435 g/mol. The van der Waals surface area contributed by atoms with Crippen LogP contribution in [0, 0.1) is 6.92 Å². The lowest BCUT2D eigenvalue weighted by Gasteiger charge is -2.20. The number of hydrogen-bond donors (Lipinski definition) is 1. The van der Waals surface area contributed by atoms with Crippen LogP contribution >= 0.6 is 0 Å². The van der Waals surface area contributed by atoms with Crippen molar-refractivity contribution in [3.8, 4) is 0 Å². The van der Waals surface area contributed by atoms with Gasteiger partial charge in [0.2, 0.25) is 10.0 Å². The lowest BCUT2D eigenvalue weighted by molar-refractivity contribution is 0.0943. The molecular formula is C25H26N2O3S. The van der Waals surface area contributed by atoms with Crippen molar-refractivity contribution in [1.82, 2.24) is 9.62 Å². The van der Waals surface area contributed by atoms with Crippen LogP contribution in [0.15, 0.2) is 83.8 Å². The SMILES string of the molecule is Cc1ccc([C@@H](NC(=O)c2ccc(S(=O)(=O)N3CCCC3)cc2)c2ccccc2)cc1. The number of hydrogen-bond acceptors (Lipinski definition) is 3. The van der Waals surface area contributed by atoms with Crippen molar-refractivity contribution in [1.29, 1.82) is 0 Å². The molecule has 0 aromatic heterocycles. The zero-order valence-corrected chi connectivity index (χ0v) is 18.3. The van der Waals surface area contributed by atoms with Crippen LogP contribution in [0.2, 0.25) is 0 Å². The van der Waals surface area contributed by atoms with E-state index in [9.17, 15) is 13.2 Å². The number of nitrogens with one attached hydrogen (secondary N) is 1. The fourth-order valence-corrected chi connectivity index (χ4v) is 5.35. The summed E-state index contributed by atoms with van der Waals surface area (Å²) >= 11 is 0. The van der Waals surface area contributed by atoms with E-state index in [1.54, 1.807) is 12.1 Å². The number of carbonyl (C=O) groups is 1.